The molecule has 1 fully saturated rings. The average molecular weight is 399 g/mol. The highest BCUT2D eigenvalue weighted by atomic mass is 19.1. The van der Waals surface area contributed by atoms with E-state index in [9.17, 15) is 13.6 Å². The summed E-state index contributed by atoms with van der Waals surface area (Å²) < 4.78 is 28.2. The Bertz CT molecular complexity index is 1010. The highest BCUT2D eigenvalue weighted by molar-refractivity contribution is 5.98. The minimum atomic E-state index is -0.914. The summed E-state index contributed by atoms with van der Waals surface area (Å²) in [6.45, 7) is 1.85. The third-order valence-corrected chi connectivity index (χ3v) is 4.84. The van der Waals surface area contributed by atoms with Crippen LogP contribution < -0.4 is 10.6 Å². The summed E-state index contributed by atoms with van der Waals surface area (Å²) in [4.78, 5) is 22.3. The third-order valence-electron chi connectivity index (χ3n) is 4.84. The number of carbonyl (C=O) groups excluding carboxylic acids is 1. The topological polar surface area (TPSA) is 97.6 Å². The Morgan fingerprint density at radius 2 is 1.86 bits per heavy atom. The van der Waals surface area contributed by atoms with Crippen LogP contribution in [0.2, 0.25) is 0 Å². The molecule has 2 atom stereocenters. The summed E-state index contributed by atoms with van der Waals surface area (Å²) in [5.41, 5.74) is 0.444. The Hall–Kier alpha value is -3.43. The first-order valence-electron chi connectivity index (χ1n) is 9.23. The van der Waals surface area contributed by atoms with Crippen molar-refractivity contribution in [1.29, 1.82) is 0 Å². The first kappa shape index (κ1) is 18.9. The van der Waals surface area contributed by atoms with Gasteiger partial charge in [0.25, 0.3) is 5.91 Å². The molecule has 2 aromatic heterocycles. The smallest absolute Gasteiger partial charge is 0.254 e. The lowest BCUT2D eigenvalue weighted by atomic mass is 10.1. The number of carbonyl (C=O) groups is 1. The number of anilines is 1. The van der Waals surface area contributed by atoms with Crippen LogP contribution in [0.25, 0.3) is 5.69 Å². The molecule has 1 aromatic carbocycles. The monoisotopic (exact) mass is 399 g/mol. The Morgan fingerprint density at radius 3 is 2.59 bits per heavy atom. The molecule has 0 spiro atoms. The van der Waals surface area contributed by atoms with Gasteiger partial charge < -0.3 is 10.6 Å². The fourth-order valence-corrected chi connectivity index (χ4v) is 3.48. The van der Waals surface area contributed by atoms with Crippen molar-refractivity contribution in [2.24, 2.45) is 0 Å². The molecule has 2 heterocycles. The van der Waals surface area contributed by atoms with Gasteiger partial charge in [0.1, 0.15) is 17.3 Å². The number of hydrogen-bond acceptors (Lipinski definition) is 6. The van der Waals surface area contributed by atoms with Gasteiger partial charge in [0.15, 0.2) is 5.82 Å². The van der Waals surface area contributed by atoms with E-state index in [0.717, 1.165) is 35.8 Å². The maximum Gasteiger partial charge on any atom is 0.254 e. The normalized spacial score (nSPS) is 18.6. The molecule has 150 valence electrons. The van der Waals surface area contributed by atoms with Crippen molar-refractivity contribution >= 4 is 11.7 Å². The number of amides is 1. The van der Waals surface area contributed by atoms with Gasteiger partial charge in [-0.2, -0.15) is 10.2 Å². The molecule has 1 saturated carbocycles. The van der Waals surface area contributed by atoms with Crippen molar-refractivity contribution in [2.45, 2.75) is 38.3 Å². The zero-order valence-corrected chi connectivity index (χ0v) is 15.6. The zero-order valence-electron chi connectivity index (χ0n) is 15.6. The SMILES string of the molecule is Cc1cnc(N[C@H]2CCC[C@@H]2NC(=O)c2cc(F)cc(F)c2-n2nccn2)cn1. The van der Waals surface area contributed by atoms with Gasteiger partial charge >= 0.3 is 0 Å². The van der Waals surface area contributed by atoms with Crippen LogP contribution in [-0.4, -0.2) is 43.0 Å². The van der Waals surface area contributed by atoms with Crippen LogP contribution in [0, 0.1) is 18.6 Å². The number of aromatic nitrogens is 5. The molecule has 0 radical (unpaired) electrons. The summed E-state index contributed by atoms with van der Waals surface area (Å²) in [6.07, 6.45) is 8.45. The predicted octanol–water partition coefficient (Wildman–Crippen LogP) is 2.41. The summed E-state index contributed by atoms with van der Waals surface area (Å²) in [5, 5.41) is 13.9. The number of rotatable bonds is 5. The van der Waals surface area contributed by atoms with Crippen LogP contribution in [0.15, 0.2) is 36.9 Å². The minimum absolute atomic E-state index is 0.0689. The molecule has 1 amide bonds. The number of nitrogens with one attached hydrogen (secondary N) is 2. The molecular formula is C19H19F2N7O. The molecule has 0 unspecified atom stereocenters. The highest BCUT2D eigenvalue weighted by Gasteiger charge is 2.30. The number of hydrogen-bond donors (Lipinski definition) is 2. The van der Waals surface area contributed by atoms with E-state index in [4.69, 9.17) is 0 Å². The third kappa shape index (κ3) is 4.05. The molecule has 0 aliphatic heterocycles. The van der Waals surface area contributed by atoms with E-state index in [1.807, 2.05) is 6.92 Å². The Kier molecular flexibility index (Phi) is 5.15. The van der Waals surface area contributed by atoms with Gasteiger partial charge in [-0.3, -0.25) is 9.78 Å². The van der Waals surface area contributed by atoms with Crippen LogP contribution in [0.4, 0.5) is 14.6 Å². The Labute approximate surface area is 165 Å². The summed E-state index contributed by atoms with van der Waals surface area (Å²) in [5.74, 6) is -1.74. The van der Waals surface area contributed by atoms with Gasteiger partial charge in [-0.1, -0.05) is 0 Å². The van der Waals surface area contributed by atoms with Crippen LogP contribution in [0.3, 0.4) is 0 Å². The van der Waals surface area contributed by atoms with Crippen molar-refractivity contribution in [3.8, 4) is 5.69 Å². The van der Waals surface area contributed by atoms with Gasteiger partial charge in [0, 0.05) is 18.2 Å². The van der Waals surface area contributed by atoms with Crippen molar-refractivity contribution < 1.29 is 13.6 Å². The maximum atomic E-state index is 14.4. The summed E-state index contributed by atoms with van der Waals surface area (Å²) in [6, 6.07) is 1.39. The molecule has 8 nitrogen and oxygen atoms in total. The largest absolute Gasteiger partial charge is 0.364 e. The fraction of sp³-hybridized carbons (Fsp3) is 0.316. The predicted molar refractivity (Wildman–Crippen MR) is 101 cm³/mol. The first-order chi connectivity index (χ1) is 14.0. The molecule has 2 N–H and O–H groups in total. The van der Waals surface area contributed by atoms with Crippen LogP contribution >= 0.6 is 0 Å². The van der Waals surface area contributed by atoms with Gasteiger partial charge in [0.2, 0.25) is 0 Å². The molecule has 0 saturated heterocycles. The minimum Gasteiger partial charge on any atom is -0.364 e. The van der Waals surface area contributed by atoms with E-state index in [-0.39, 0.29) is 23.3 Å². The lowest BCUT2D eigenvalue weighted by Gasteiger charge is -2.23. The van der Waals surface area contributed by atoms with Gasteiger partial charge in [-0.25, -0.2) is 13.8 Å². The molecular weight excluding hydrogens is 380 g/mol. The van der Waals surface area contributed by atoms with Crippen molar-refractivity contribution in [1.82, 2.24) is 30.3 Å². The van der Waals surface area contributed by atoms with Crippen molar-refractivity contribution in [2.75, 3.05) is 5.32 Å². The first-order valence-corrected chi connectivity index (χ1v) is 9.23. The lowest BCUT2D eigenvalue weighted by molar-refractivity contribution is 0.0934. The molecule has 29 heavy (non-hydrogen) atoms. The second kappa shape index (κ2) is 7.90. The second-order valence-corrected chi connectivity index (χ2v) is 6.91. The highest BCUT2D eigenvalue weighted by Crippen LogP contribution is 2.24. The van der Waals surface area contributed by atoms with Gasteiger partial charge in [-0.05, 0) is 32.3 Å². The van der Waals surface area contributed by atoms with Crippen molar-refractivity contribution in [3.63, 3.8) is 0 Å². The molecule has 1 aliphatic carbocycles. The van der Waals surface area contributed by atoms with Crippen LogP contribution in [-0.2, 0) is 0 Å². The van der Waals surface area contributed by atoms with Gasteiger partial charge in [0.05, 0.1) is 36.0 Å². The van der Waals surface area contributed by atoms with E-state index < -0.39 is 17.5 Å². The van der Waals surface area contributed by atoms with E-state index in [1.54, 1.807) is 12.4 Å². The quantitative estimate of drug-likeness (QED) is 0.684. The molecule has 1 aliphatic rings. The number of nitrogens with zero attached hydrogens (tertiary/aromatic N) is 5. The Morgan fingerprint density at radius 1 is 1.10 bits per heavy atom. The van der Waals surface area contributed by atoms with E-state index >= 15 is 0 Å². The number of halogens is 2. The Balaban J connectivity index is 1.55. The molecule has 4 rings (SSSR count). The summed E-state index contributed by atoms with van der Waals surface area (Å²) in [7, 11) is 0. The van der Waals surface area contributed by atoms with Crippen molar-refractivity contribution in [3.05, 3.63) is 59.8 Å². The lowest BCUT2D eigenvalue weighted by Crippen LogP contribution is -2.43. The number of benzene rings is 1. The van der Waals surface area contributed by atoms with Gasteiger partial charge in [-0.15, -0.1) is 4.80 Å². The molecule has 0 bridgehead atoms. The number of aryl methyl sites for hydroxylation is 1. The average Bonchev–Trinajstić information content (AvgIpc) is 3.35. The van der Waals surface area contributed by atoms with Crippen LogP contribution in [0.1, 0.15) is 35.3 Å². The van der Waals surface area contributed by atoms with E-state index in [1.165, 1.54) is 12.4 Å². The zero-order chi connectivity index (χ0) is 20.4. The van der Waals surface area contributed by atoms with E-state index in [2.05, 4.69) is 30.8 Å². The standard InChI is InChI=1S/C19H19F2N7O/c1-11-9-23-17(10-22-11)26-15-3-2-4-16(15)27-19(29)13-7-12(20)8-14(21)18(13)28-24-5-6-25-28/h5-10,15-16H,2-4H2,1H3,(H,23,26)(H,27,29)/t15-,16-/m0/s1. The second-order valence-electron chi connectivity index (χ2n) is 6.91. The fourth-order valence-electron chi connectivity index (χ4n) is 3.48. The maximum absolute atomic E-state index is 14.4. The van der Waals surface area contributed by atoms with Crippen LogP contribution in [0.5, 0.6) is 0 Å². The molecule has 10 heteroatoms. The van der Waals surface area contributed by atoms with E-state index in [0.29, 0.717) is 11.9 Å². The molecule has 3 aromatic rings. The summed E-state index contributed by atoms with van der Waals surface area (Å²) >= 11 is 0.